The van der Waals surface area contributed by atoms with Gasteiger partial charge in [0.05, 0.1) is 0 Å². The first-order valence-corrected chi connectivity index (χ1v) is 8.26. The highest BCUT2D eigenvalue weighted by atomic mass is 79.9. The monoisotopic (exact) mass is 336 g/mol. The molecule has 1 aliphatic heterocycles. The highest BCUT2D eigenvalue weighted by molar-refractivity contribution is 9.10. The number of benzene rings is 1. The van der Waals surface area contributed by atoms with E-state index < -0.39 is 0 Å². The molecule has 3 rings (SSSR count). The van der Waals surface area contributed by atoms with E-state index in [1.807, 2.05) is 6.07 Å². The van der Waals surface area contributed by atoms with Crippen molar-refractivity contribution in [3.63, 3.8) is 0 Å². The molecule has 1 N–H and O–H groups in total. The number of carbonyl (C=O) groups excluding carboxylic acids is 1. The molecule has 1 aromatic carbocycles. The summed E-state index contributed by atoms with van der Waals surface area (Å²) in [6.07, 6.45) is 6.06. The first kappa shape index (κ1) is 14.1. The SMILES string of the molecule is CC(=O)Nc1ccc(Br)c2c1CC(N1CCCC1)CC2. The number of likely N-dealkylation sites (tertiary alicyclic amines) is 1. The summed E-state index contributed by atoms with van der Waals surface area (Å²) in [7, 11) is 0. The van der Waals surface area contributed by atoms with Crippen molar-refractivity contribution in [3.05, 3.63) is 27.7 Å². The predicted molar refractivity (Wildman–Crippen MR) is 85.1 cm³/mol. The van der Waals surface area contributed by atoms with Crippen LogP contribution >= 0.6 is 15.9 Å². The minimum atomic E-state index is 0.0119. The molecule has 1 atom stereocenters. The van der Waals surface area contributed by atoms with Crippen LogP contribution in [0.3, 0.4) is 0 Å². The Morgan fingerprint density at radius 3 is 2.75 bits per heavy atom. The maximum atomic E-state index is 11.4. The third kappa shape index (κ3) is 2.77. The molecule has 4 heteroatoms. The van der Waals surface area contributed by atoms with E-state index in [1.54, 1.807) is 6.92 Å². The molecule has 3 nitrogen and oxygen atoms in total. The van der Waals surface area contributed by atoms with Gasteiger partial charge >= 0.3 is 0 Å². The van der Waals surface area contributed by atoms with E-state index in [1.165, 1.54) is 48.0 Å². The van der Waals surface area contributed by atoms with Crippen molar-refractivity contribution in [2.45, 2.75) is 45.1 Å². The maximum Gasteiger partial charge on any atom is 0.221 e. The fourth-order valence-electron chi connectivity index (χ4n) is 3.54. The summed E-state index contributed by atoms with van der Waals surface area (Å²) in [5.41, 5.74) is 3.71. The van der Waals surface area contributed by atoms with E-state index in [4.69, 9.17) is 0 Å². The highest BCUT2D eigenvalue weighted by Crippen LogP contribution is 2.35. The molecule has 0 saturated carbocycles. The quantitative estimate of drug-likeness (QED) is 0.898. The first-order chi connectivity index (χ1) is 9.65. The van der Waals surface area contributed by atoms with Crippen LogP contribution in [-0.4, -0.2) is 29.9 Å². The van der Waals surface area contributed by atoms with Crippen molar-refractivity contribution in [1.82, 2.24) is 4.90 Å². The number of hydrogen-bond donors (Lipinski definition) is 1. The molecule has 1 amide bonds. The van der Waals surface area contributed by atoms with E-state index in [0.29, 0.717) is 6.04 Å². The number of anilines is 1. The Labute approximate surface area is 128 Å². The largest absolute Gasteiger partial charge is 0.326 e. The van der Waals surface area contributed by atoms with Gasteiger partial charge in [-0.3, -0.25) is 4.79 Å². The number of rotatable bonds is 2. The van der Waals surface area contributed by atoms with E-state index in [-0.39, 0.29) is 5.91 Å². The van der Waals surface area contributed by atoms with Gasteiger partial charge in [-0.05, 0) is 68.5 Å². The normalized spacial score (nSPS) is 22.6. The fourth-order valence-corrected chi connectivity index (χ4v) is 4.11. The van der Waals surface area contributed by atoms with Crippen molar-refractivity contribution < 1.29 is 4.79 Å². The number of fused-ring (bicyclic) bond motifs is 1. The van der Waals surface area contributed by atoms with Crippen LogP contribution in [0.5, 0.6) is 0 Å². The van der Waals surface area contributed by atoms with Crippen LogP contribution in [0, 0.1) is 0 Å². The lowest BCUT2D eigenvalue weighted by Crippen LogP contribution is -2.37. The van der Waals surface area contributed by atoms with E-state index in [9.17, 15) is 4.79 Å². The van der Waals surface area contributed by atoms with E-state index in [2.05, 4.69) is 32.2 Å². The Hall–Kier alpha value is -0.870. The molecule has 0 radical (unpaired) electrons. The van der Waals surface area contributed by atoms with Crippen molar-refractivity contribution in [3.8, 4) is 0 Å². The smallest absolute Gasteiger partial charge is 0.221 e. The Kier molecular flexibility index (Phi) is 4.13. The zero-order valence-electron chi connectivity index (χ0n) is 11.9. The summed E-state index contributed by atoms with van der Waals surface area (Å²) in [5.74, 6) is 0.0119. The topological polar surface area (TPSA) is 32.3 Å². The summed E-state index contributed by atoms with van der Waals surface area (Å²) >= 11 is 3.66. The van der Waals surface area contributed by atoms with Gasteiger partial charge in [-0.2, -0.15) is 0 Å². The molecule has 1 unspecified atom stereocenters. The van der Waals surface area contributed by atoms with Crippen molar-refractivity contribution in [2.24, 2.45) is 0 Å². The lowest BCUT2D eigenvalue weighted by atomic mass is 9.86. The van der Waals surface area contributed by atoms with Gasteiger partial charge in [-0.15, -0.1) is 0 Å². The molecule has 0 aromatic heterocycles. The zero-order valence-corrected chi connectivity index (χ0v) is 13.5. The minimum Gasteiger partial charge on any atom is -0.326 e. The molecule has 20 heavy (non-hydrogen) atoms. The van der Waals surface area contributed by atoms with Gasteiger partial charge in [0, 0.05) is 23.1 Å². The molecular formula is C16H21BrN2O. The van der Waals surface area contributed by atoms with Crippen LogP contribution in [0.15, 0.2) is 16.6 Å². The van der Waals surface area contributed by atoms with Crippen LogP contribution in [0.25, 0.3) is 0 Å². The van der Waals surface area contributed by atoms with Crippen LogP contribution < -0.4 is 5.32 Å². The number of amides is 1. The molecule has 1 saturated heterocycles. The van der Waals surface area contributed by atoms with Gasteiger partial charge in [0.15, 0.2) is 0 Å². The molecule has 1 fully saturated rings. The summed E-state index contributed by atoms with van der Waals surface area (Å²) < 4.78 is 1.18. The summed E-state index contributed by atoms with van der Waals surface area (Å²) in [5, 5.41) is 2.99. The standard InChI is InChI=1S/C16H21BrN2O/c1-11(20)18-16-7-6-15(17)13-5-4-12(10-14(13)16)19-8-2-3-9-19/h6-7,12H,2-5,8-10H2,1H3,(H,18,20). The molecule has 2 aliphatic rings. The average molecular weight is 337 g/mol. The van der Waals surface area contributed by atoms with Crippen LogP contribution in [0.1, 0.15) is 37.3 Å². The Morgan fingerprint density at radius 1 is 1.30 bits per heavy atom. The maximum absolute atomic E-state index is 11.4. The average Bonchev–Trinajstić information content (AvgIpc) is 2.95. The lowest BCUT2D eigenvalue weighted by Gasteiger charge is -2.33. The van der Waals surface area contributed by atoms with Gasteiger partial charge < -0.3 is 10.2 Å². The van der Waals surface area contributed by atoms with Gasteiger partial charge in [-0.25, -0.2) is 0 Å². The second-order valence-electron chi connectivity index (χ2n) is 5.87. The van der Waals surface area contributed by atoms with Crippen molar-refractivity contribution >= 4 is 27.5 Å². The molecule has 1 heterocycles. The van der Waals surface area contributed by atoms with Gasteiger partial charge in [0.2, 0.25) is 5.91 Å². The Bertz CT molecular complexity index is 523. The van der Waals surface area contributed by atoms with E-state index >= 15 is 0 Å². The molecule has 0 bridgehead atoms. The van der Waals surface area contributed by atoms with Crippen molar-refractivity contribution in [1.29, 1.82) is 0 Å². The number of hydrogen-bond acceptors (Lipinski definition) is 2. The predicted octanol–water partition coefficient (Wildman–Crippen LogP) is 3.36. The molecule has 108 valence electrons. The number of halogens is 1. The Balaban J connectivity index is 1.88. The van der Waals surface area contributed by atoms with Crippen LogP contribution in [0.2, 0.25) is 0 Å². The number of nitrogens with one attached hydrogen (secondary N) is 1. The summed E-state index contributed by atoms with van der Waals surface area (Å²) in [6, 6.07) is 4.73. The molecule has 1 aliphatic carbocycles. The fraction of sp³-hybridized carbons (Fsp3) is 0.562. The van der Waals surface area contributed by atoms with Crippen LogP contribution in [-0.2, 0) is 17.6 Å². The Morgan fingerprint density at radius 2 is 2.05 bits per heavy atom. The second-order valence-corrected chi connectivity index (χ2v) is 6.73. The molecule has 0 spiro atoms. The summed E-state index contributed by atoms with van der Waals surface area (Å²) in [6.45, 7) is 4.06. The lowest BCUT2D eigenvalue weighted by molar-refractivity contribution is -0.114. The molecular weight excluding hydrogens is 316 g/mol. The number of carbonyl (C=O) groups is 1. The van der Waals surface area contributed by atoms with E-state index in [0.717, 1.165) is 18.5 Å². The minimum absolute atomic E-state index is 0.0119. The first-order valence-electron chi connectivity index (χ1n) is 7.47. The van der Waals surface area contributed by atoms with Gasteiger partial charge in [0.1, 0.15) is 0 Å². The third-order valence-electron chi connectivity index (χ3n) is 4.51. The van der Waals surface area contributed by atoms with Crippen molar-refractivity contribution in [2.75, 3.05) is 18.4 Å². The number of nitrogens with zero attached hydrogens (tertiary/aromatic N) is 1. The second kappa shape index (κ2) is 5.86. The van der Waals surface area contributed by atoms with Gasteiger partial charge in [-0.1, -0.05) is 15.9 Å². The van der Waals surface area contributed by atoms with Gasteiger partial charge in [0.25, 0.3) is 0 Å². The van der Waals surface area contributed by atoms with Crippen LogP contribution in [0.4, 0.5) is 5.69 Å². The summed E-state index contributed by atoms with van der Waals surface area (Å²) in [4.78, 5) is 14.0. The zero-order chi connectivity index (χ0) is 14.1. The highest BCUT2D eigenvalue weighted by Gasteiger charge is 2.28. The third-order valence-corrected chi connectivity index (χ3v) is 5.25. The molecule has 1 aromatic rings.